The van der Waals surface area contributed by atoms with E-state index < -0.39 is 56.6 Å². The van der Waals surface area contributed by atoms with Crippen molar-refractivity contribution in [2.45, 2.75) is 63.9 Å². The fourth-order valence-electron chi connectivity index (χ4n) is 4.19. The van der Waals surface area contributed by atoms with Crippen molar-refractivity contribution >= 4 is 30.7 Å². The highest BCUT2D eigenvalue weighted by Crippen LogP contribution is 2.48. The first-order chi connectivity index (χ1) is 19.4. The zero-order valence-electron chi connectivity index (χ0n) is 23.1. The molecule has 41 heavy (non-hydrogen) atoms. The van der Waals surface area contributed by atoms with Crippen LogP contribution in [0.5, 0.6) is 5.75 Å². The number of imidazole rings is 1. The van der Waals surface area contributed by atoms with Crippen molar-refractivity contribution < 1.29 is 37.4 Å². The summed E-state index contributed by atoms with van der Waals surface area (Å²) in [5.41, 5.74) is -2.19. The molecule has 1 aliphatic rings. The van der Waals surface area contributed by atoms with E-state index in [1.165, 1.54) is 30.0 Å². The molecule has 0 spiro atoms. The number of esters is 1. The summed E-state index contributed by atoms with van der Waals surface area (Å²) < 4.78 is 53.4. The molecule has 0 unspecified atom stereocenters. The van der Waals surface area contributed by atoms with Crippen LogP contribution in [0, 0.1) is 19.3 Å². The number of anilines is 1. The lowest BCUT2D eigenvalue weighted by atomic mass is 9.97. The van der Waals surface area contributed by atoms with Gasteiger partial charge in [-0.2, -0.15) is 5.09 Å². The molecule has 1 fully saturated rings. The number of hydrogen-bond acceptors (Lipinski definition) is 11. The van der Waals surface area contributed by atoms with Gasteiger partial charge in [-0.15, -0.1) is 6.42 Å². The number of alkyl halides is 1. The molecular weight excluding hydrogens is 558 g/mol. The standard InChI is InChI=1S/C26H32FN6O7P/c1-7-26(27)21(34)19(39-25(26)33-14-29-20-22(28-6)30-17(5)31-23(20)33)13-37-41(36,40-18-11-9-8-10-12-18)32-16(4)24(35)38-15(2)3/h1,8-12,14-16,19,21,25,34H,13H2,2-6H3,(H,32,36)(H,28,30,31)/t16-,19+,21+,25+,26+,41-/m0/s1. The van der Waals surface area contributed by atoms with Crippen molar-refractivity contribution in [3.05, 3.63) is 42.5 Å². The normalized spacial score (nSPS) is 24.5. The molecule has 1 aliphatic heterocycles. The van der Waals surface area contributed by atoms with Crippen molar-refractivity contribution in [3.8, 4) is 18.1 Å². The first-order valence-electron chi connectivity index (χ1n) is 12.8. The summed E-state index contributed by atoms with van der Waals surface area (Å²) in [5.74, 6) is 2.24. The maximum absolute atomic E-state index is 16.2. The van der Waals surface area contributed by atoms with E-state index in [-0.39, 0.29) is 11.4 Å². The van der Waals surface area contributed by atoms with Gasteiger partial charge in [0.2, 0.25) is 5.67 Å². The summed E-state index contributed by atoms with van der Waals surface area (Å²) in [5, 5.41) is 16.4. The molecule has 13 nitrogen and oxygen atoms in total. The van der Waals surface area contributed by atoms with Gasteiger partial charge in [0.05, 0.1) is 19.0 Å². The smallest absolute Gasteiger partial charge is 0.459 e. The summed E-state index contributed by atoms with van der Waals surface area (Å²) in [4.78, 5) is 25.3. The largest absolute Gasteiger partial charge is 0.462 e. The molecule has 1 aromatic carbocycles. The minimum atomic E-state index is -4.32. The Labute approximate surface area is 236 Å². The average Bonchev–Trinajstić information content (AvgIpc) is 3.45. The van der Waals surface area contributed by atoms with Gasteiger partial charge in [0.15, 0.2) is 23.2 Å². The number of benzene rings is 1. The molecule has 3 N–H and O–H groups in total. The maximum atomic E-state index is 16.2. The van der Waals surface area contributed by atoms with Crippen LogP contribution in [-0.4, -0.2) is 74.3 Å². The van der Waals surface area contributed by atoms with E-state index in [1.807, 2.05) is 5.92 Å². The van der Waals surface area contributed by atoms with Crippen LogP contribution < -0.4 is 14.9 Å². The van der Waals surface area contributed by atoms with Crippen LogP contribution in [0.2, 0.25) is 0 Å². The van der Waals surface area contributed by atoms with Crippen molar-refractivity contribution in [1.82, 2.24) is 24.6 Å². The Kier molecular flexibility index (Phi) is 8.96. The number of carbonyl (C=O) groups is 1. The minimum absolute atomic E-state index is 0.169. The SMILES string of the molecule is C#C[C@@]1(F)[C@H](O)[C@@H](CO[P@@](=O)(N[C@@H](C)C(=O)OC(C)C)Oc2ccccc2)O[C@H]1n1cnc2c(NC)nc(C)nc21. The van der Waals surface area contributed by atoms with Gasteiger partial charge in [0.25, 0.3) is 0 Å². The fraction of sp³-hybridized carbons (Fsp3) is 0.462. The second kappa shape index (κ2) is 12.1. The van der Waals surface area contributed by atoms with E-state index in [0.717, 1.165) is 0 Å². The van der Waals surface area contributed by atoms with Gasteiger partial charge in [0.1, 0.15) is 29.8 Å². The number of aliphatic hydroxyl groups excluding tert-OH is 1. The molecule has 1 saturated heterocycles. The number of hydrogen-bond donors (Lipinski definition) is 3. The molecular formula is C26H32FN6O7P. The molecule has 3 heterocycles. The van der Waals surface area contributed by atoms with Crippen LogP contribution in [0.1, 0.15) is 32.8 Å². The van der Waals surface area contributed by atoms with Crippen LogP contribution in [0.3, 0.4) is 0 Å². The van der Waals surface area contributed by atoms with E-state index in [4.69, 9.17) is 24.9 Å². The Morgan fingerprint density at radius 1 is 1.32 bits per heavy atom. The Balaban J connectivity index is 1.60. The lowest BCUT2D eigenvalue weighted by molar-refractivity contribution is -0.149. The Morgan fingerprint density at radius 2 is 2.02 bits per heavy atom. The molecule has 0 amide bonds. The predicted octanol–water partition coefficient (Wildman–Crippen LogP) is 2.91. The number of nitrogens with one attached hydrogen (secondary N) is 2. The molecule has 220 valence electrons. The molecule has 0 aliphatic carbocycles. The van der Waals surface area contributed by atoms with Crippen molar-refractivity contribution in [3.63, 3.8) is 0 Å². The van der Waals surface area contributed by atoms with E-state index in [1.54, 1.807) is 46.0 Å². The summed E-state index contributed by atoms with van der Waals surface area (Å²) in [6.45, 7) is 5.78. The summed E-state index contributed by atoms with van der Waals surface area (Å²) in [7, 11) is -2.67. The third-order valence-electron chi connectivity index (χ3n) is 6.12. The van der Waals surface area contributed by atoms with Crippen molar-refractivity contribution in [1.29, 1.82) is 0 Å². The van der Waals surface area contributed by atoms with Gasteiger partial charge in [-0.3, -0.25) is 13.9 Å². The van der Waals surface area contributed by atoms with Crippen LogP contribution in [0.4, 0.5) is 10.2 Å². The maximum Gasteiger partial charge on any atom is 0.459 e. The number of aromatic nitrogens is 4. The van der Waals surface area contributed by atoms with E-state index >= 15 is 4.39 Å². The number of halogens is 1. The highest BCUT2D eigenvalue weighted by molar-refractivity contribution is 7.52. The summed E-state index contributed by atoms with van der Waals surface area (Å²) >= 11 is 0. The Hall–Kier alpha value is -3.60. The number of fused-ring (bicyclic) bond motifs is 1. The van der Waals surface area contributed by atoms with E-state index in [2.05, 4.69) is 25.4 Å². The van der Waals surface area contributed by atoms with Crippen LogP contribution in [0.15, 0.2) is 36.7 Å². The fourth-order valence-corrected chi connectivity index (χ4v) is 5.69. The number of aryl methyl sites for hydroxylation is 1. The zero-order valence-corrected chi connectivity index (χ0v) is 24.0. The second-order valence-electron chi connectivity index (χ2n) is 9.61. The van der Waals surface area contributed by atoms with Crippen LogP contribution >= 0.6 is 7.75 Å². The van der Waals surface area contributed by atoms with Gasteiger partial charge in [0, 0.05) is 7.05 Å². The zero-order chi connectivity index (χ0) is 29.9. The van der Waals surface area contributed by atoms with E-state index in [0.29, 0.717) is 17.2 Å². The summed E-state index contributed by atoms with van der Waals surface area (Å²) in [6, 6.07) is 6.98. The summed E-state index contributed by atoms with van der Waals surface area (Å²) in [6.07, 6.45) is 1.52. The lowest BCUT2D eigenvalue weighted by Gasteiger charge is -2.25. The molecule has 0 bridgehead atoms. The van der Waals surface area contributed by atoms with E-state index in [9.17, 15) is 14.5 Å². The number of nitrogens with zero attached hydrogens (tertiary/aromatic N) is 4. The highest BCUT2D eigenvalue weighted by Gasteiger charge is 2.58. The van der Waals surface area contributed by atoms with Gasteiger partial charge in [-0.1, -0.05) is 24.1 Å². The second-order valence-corrected chi connectivity index (χ2v) is 11.3. The number of rotatable bonds is 11. The van der Waals surface area contributed by atoms with Gasteiger partial charge < -0.3 is 24.4 Å². The molecule has 2 aromatic heterocycles. The number of carbonyl (C=O) groups excluding carboxylic acids is 1. The highest BCUT2D eigenvalue weighted by atomic mass is 31.2. The van der Waals surface area contributed by atoms with Crippen molar-refractivity contribution in [2.24, 2.45) is 0 Å². The van der Waals surface area contributed by atoms with Gasteiger partial charge in [-0.05, 0) is 39.8 Å². The Bertz CT molecular complexity index is 1480. The quantitative estimate of drug-likeness (QED) is 0.171. The Morgan fingerprint density at radius 3 is 2.66 bits per heavy atom. The lowest BCUT2D eigenvalue weighted by Crippen LogP contribution is -2.42. The molecule has 3 aromatic rings. The van der Waals surface area contributed by atoms with Crippen molar-refractivity contribution in [2.75, 3.05) is 19.0 Å². The first-order valence-corrected chi connectivity index (χ1v) is 14.3. The molecule has 0 radical (unpaired) electrons. The van der Waals surface area contributed by atoms with Crippen LogP contribution in [0.25, 0.3) is 11.2 Å². The number of aliphatic hydroxyl groups is 1. The molecule has 6 atom stereocenters. The number of para-hydroxylation sites is 1. The van der Waals surface area contributed by atoms with Crippen LogP contribution in [-0.2, 0) is 23.4 Å². The third kappa shape index (κ3) is 6.34. The number of terminal acetylenes is 1. The molecule has 15 heteroatoms. The number of ether oxygens (including phenoxy) is 2. The van der Waals surface area contributed by atoms with Gasteiger partial charge in [-0.25, -0.2) is 23.9 Å². The monoisotopic (exact) mass is 590 g/mol. The third-order valence-corrected chi connectivity index (χ3v) is 7.77. The molecule has 4 rings (SSSR count). The predicted molar refractivity (Wildman–Crippen MR) is 147 cm³/mol. The topological polar surface area (TPSA) is 159 Å². The first kappa shape index (κ1) is 30.4. The molecule has 0 saturated carbocycles. The van der Waals surface area contributed by atoms with Gasteiger partial charge >= 0.3 is 13.7 Å². The minimum Gasteiger partial charge on any atom is -0.462 e. The average molecular weight is 591 g/mol.